The van der Waals surface area contributed by atoms with Gasteiger partial charge in [0, 0.05) is 32.6 Å². The van der Waals surface area contributed by atoms with E-state index in [1.54, 1.807) is 0 Å². The van der Waals surface area contributed by atoms with Gasteiger partial charge in [-0.3, -0.25) is 4.79 Å². The molecule has 0 radical (unpaired) electrons. The van der Waals surface area contributed by atoms with E-state index in [9.17, 15) is 9.59 Å². The van der Waals surface area contributed by atoms with E-state index in [-0.39, 0.29) is 18.4 Å². The fraction of sp³-hybridized carbons (Fsp3) is 0.875. The van der Waals surface area contributed by atoms with Gasteiger partial charge in [0.15, 0.2) is 0 Å². The van der Waals surface area contributed by atoms with Crippen LogP contribution in [0.25, 0.3) is 0 Å². The summed E-state index contributed by atoms with van der Waals surface area (Å²) in [5, 5.41) is 8.91. The Morgan fingerprint density at radius 3 is 2.38 bits per heavy atom. The van der Waals surface area contributed by atoms with Gasteiger partial charge in [-0.2, -0.15) is 0 Å². The highest BCUT2D eigenvalue weighted by atomic mass is 16.4. The normalized spacial score (nSPS) is 24.1. The fourth-order valence-electron chi connectivity index (χ4n) is 3.67. The van der Waals surface area contributed by atoms with Crippen molar-refractivity contribution < 1.29 is 14.7 Å². The molecule has 1 atom stereocenters. The summed E-state index contributed by atoms with van der Waals surface area (Å²) in [5.74, 6) is 0.146. The van der Waals surface area contributed by atoms with Gasteiger partial charge in [-0.15, -0.1) is 0 Å². The molecule has 0 spiro atoms. The van der Waals surface area contributed by atoms with Crippen molar-refractivity contribution in [2.45, 2.75) is 51.9 Å². The van der Waals surface area contributed by atoms with Gasteiger partial charge >= 0.3 is 12.0 Å². The second-order valence-corrected chi connectivity index (χ2v) is 6.55. The Morgan fingerprint density at radius 1 is 1.05 bits per heavy atom. The molecular weight excluding hydrogens is 268 g/mol. The van der Waals surface area contributed by atoms with Gasteiger partial charge in [-0.05, 0) is 37.5 Å². The summed E-state index contributed by atoms with van der Waals surface area (Å²) in [7, 11) is 0. The minimum Gasteiger partial charge on any atom is -0.481 e. The average molecular weight is 296 g/mol. The molecule has 1 unspecified atom stereocenters. The van der Waals surface area contributed by atoms with Crippen molar-refractivity contribution in [3.63, 3.8) is 0 Å². The van der Waals surface area contributed by atoms with Crippen LogP contribution in [0.3, 0.4) is 0 Å². The first-order valence-electron chi connectivity index (χ1n) is 8.35. The molecule has 2 fully saturated rings. The molecule has 0 aromatic rings. The minimum absolute atomic E-state index is 0.123. The summed E-state index contributed by atoms with van der Waals surface area (Å²) in [6.45, 7) is 5.34. The zero-order valence-electron chi connectivity index (χ0n) is 13.1. The first kappa shape index (κ1) is 16.1. The highest BCUT2D eigenvalue weighted by Crippen LogP contribution is 2.25. The quantitative estimate of drug-likeness (QED) is 0.867. The van der Waals surface area contributed by atoms with Gasteiger partial charge in [-0.25, -0.2) is 4.79 Å². The van der Waals surface area contributed by atoms with Gasteiger partial charge in [0.1, 0.15) is 0 Å². The molecule has 2 rings (SSSR count). The second kappa shape index (κ2) is 7.66. The van der Waals surface area contributed by atoms with E-state index in [0.717, 1.165) is 51.2 Å². The Bertz CT molecular complexity index is 365. The zero-order valence-corrected chi connectivity index (χ0v) is 13.1. The highest BCUT2D eigenvalue weighted by molar-refractivity contribution is 5.75. The summed E-state index contributed by atoms with van der Waals surface area (Å²) < 4.78 is 0. The van der Waals surface area contributed by atoms with Gasteiger partial charge in [0.05, 0.1) is 0 Å². The first-order valence-corrected chi connectivity index (χ1v) is 8.35. The molecule has 5 heteroatoms. The van der Waals surface area contributed by atoms with Crippen LogP contribution in [0.5, 0.6) is 0 Å². The van der Waals surface area contributed by atoms with Gasteiger partial charge in [0.2, 0.25) is 0 Å². The molecule has 0 aromatic heterocycles. The number of piperidine rings is 2. The minimum atomic E-state index is -0.755. The number of carbonyl (C=O) groups is 2. The van der Waals surface area contributed by atoms with E-state index >= 15 is 0 Å². The number of hydrogen-bond acceptors (Lipinski definition) is 2. The van der Waals surface area contributed by atoms with Crippen LogP contribution in [0.1, 0.15) is 51.9 Å². The molecule has 1 N–H and O–H groups in total. The zero-order chi connectivity index (χ0) is 15.2. The molecular formula is C16H28N2O3. The Hall–Kier alpha value is -1.26. The predicted molar refractivity (Wildman–Crippen MR) is 81.2 cm³/mol. The molecule has 2 saturated heterocycles. The number of nitrogens with zero attached hydrogens (tertiary/aromatic N) is 2. The molecule has 120 valence electrons. The SMILES string of the molecule is CCCC1CCN(C(=O)N2CCCC(CC(=O)O)C2)CC1. The lowest BCUT2D eigenvalue weighted by atomic mass is 9.92. The number of carboxylic acid groups (broad SMARTS) is 1. The highest BCUT2D eigenvalue weighted by Gasteiger charge is 2.30. The third-order valence-corrected chi connectivity index (χ3v) is 4.83. The predicted octanol–water partition coefficient (Wildman–Crippen LogP) is 2.81. The lowest BCUT2D eigenvalue weighted by Crippen LogP contribution is -2.50. The second-order valence-electron chi connectivity index (χ2n) is 6.55. The maximum Gasteiger partial charge on any atom is 0.320 e. The van der Waals surface area contributed by atoms with E-state index in [4.69, 9.17) is 5.11 Å². The van der Waals surface area contributed by atoms with Crippen LogP contribution >= 0.6 is 0 Å². The number of amides is 2. The van der Waals surface area contributed by atoms with Crippen molar-refractivity contribution in [3.8, 4) is 0 Å². The third kappa shape index (κ3) is 4.61. The van der Waals surface area contributed by atoms with Crippen LogP contribution in [-0.2, 0) is 4.79 Å². The molecule has 2 amide bonds. The molecule has 0 saturated carbocycles. The van der Waals surface area contributed by atoms with Crippen molar-refractivity contribution >= 4 is 12.0 Å². The summed E-state index contributed by atoms with van der Waals surface area (Å²) in [4.78, 5) is 27.2. The molecule has 21 heavy (non-hydrogen) atoms. The van der Waals surface area contributed by atoms with Crippen LogP contribution in [0.4, 0.5) is 4.79 Å². The third-order valence-electron chi connectivity index (χ3n) is 4.83. The van der Waals surface area contributed by atoms with Crippen molar-refractivity contribution in [2.75, 3.05) is 26.2 Å². The van der Waals surface area contributed by atoms with E-state index in [2.05, 4.69) is 6.92 Å². The number of carbonyl (C=O) groups excluding carboxylic acids is 1. The number of aliphatic carboxylic acids is 1. The number of hydrogen-bond donors (Lipinski definition) is 1. The Morgan fingerprint density at radius 2 is 1.76 bits per heavy atom. The number of rotatable bonds is 4. The monoisotopic (exact) mass is 296 g/mol. The topological polar surface area (TPSA) is 60.9 Å². The van der Waals surface area contributed by atoms with Crippen LogP contribution in [-0.4, -0.2) is 53.1 Å². The molecule has 0 aliphatic carbocycles. The van der Waals surface area contributed by atoms with Crippen molar-refractivity contribution in [3.05, 3.63) is 0 Å². The van der Waals surface area contributed by atoms with Crippen molar-refractivity contribution in [1.82, 2.24) is 9.80 Å². The number of urea groups is 1. The molecule has 2 aliphatic rings. The van der Waals surface area contributed by atoms with E-state index in [0.29, 0.717) is 6.54 Å². The van der Waals surface area contributed by atoms with Crippen LogP contribution < -0.4 is 0 Å². The van der Waals surface area contributed by atoms with Crippen molar-refractivity contribution in [1.29, 1.82) is 0 Å². The smallest absolute Gasteiger partial charge is 0.320 e. The van der Waals surface area contributed by atoms with E-state index in [1.165, 1.54) is 12.8 Å². The Balaban J connectivity index is 1.81. The van der Waals surface area contributed by atoms with E-state index < -0.39 is 5.97 Å². The van der Waals surface area contributed by atoms with Crippen LogP contribution in [0.15, 0.2) is 0 Å². The summed E-state index contributed by atoms with van der Waals surface area (Å²) in [5.41, 5.74) is 0. The number of likely N-dealkylation sites (tertiary alicyclic amines) is 2. The van der Waals surface area contributed by atoms with Gasteiger partial charge in [-0.1, -0.05) is 19.8 Å². The van der Waals surface area contributed by atoms with Crippen molar-refractivity contribution in [2.24, 2.45) is 11.8 Å². The standard InChI is InChI=1S/C16H28N2O3/c1-2-4-13-6-9-17(10-7-13)16(21)18-8-3-5-14(12-18)11-15(19)20/h13-14H,2-12H2,1H3,(H,19,20). The van der Waals surface area contributed by atoms with Crippen LogP contribution in [0, 0.1) is 11.8 Å². The molecule has 2 heterocycles. The fourth-order valence-corrected chi connectivity index (χ4v) is 3.67. The molecule has 0 bridgehead atoms. The molecule has 0 aromatic carbocycles. The lowest BCUT2D eigenvalue weighted by molar-refractivity contribution is -0.138. The lowest BCUT2D eigenvalue weighted by Gasteiger charge is -2.39. The summed E-state index contributed by atoms with van der Waals surface area (Å²) >= 11 is 0. The Labute approximate surface area is 127 Å². The summed E-state index contributed by atoms with van der Waals surface area (Å²) in [6, 6.07) is 0.125. The van der Waals surface area contributed by atoms with Gasteiger partial charge < -0.3 is 14.9 Å². The van der Waals surface area contributed by atoms with Gasteiger partial charge in [0.25, 0.3) is 0 Å². The summed E-state index contributed by atoms with van der Waals surface area (Å²) in [6.07, 6.45) is 6.76. The molecule has 5 nitrogen and oxygen atoms in total. The van der Waals surface area contributed by atoms with E-state index in [1.807, 2.05) is 9.80 Å². The maximum absolute atomic E-state index is 12.6. The molecule has 2 aliphatic heterocycles. The number of carboxylic acids is 1. The largest absolute Gasteiger partial charge is 0.481 e. The Kier molecular flexibility index (Phi) is 5.88. The average Bonchev–Trinajstić information content (AvgIpc) is 2.47. The first-order chi connectivity index (χ1) is 10.1. The van der Waals surface area contributed by atoms with Crippen LogP contribution in [0.2, 0.25) is 0 Å². The maximum atomic E-state index is 12.6.